The average Bonchev–Trinajstić information content (AvgIpc) is 3.55. The van der Waals surface area contributed by atoms with Crippen LogP contribution < -0.4 is 15.8 Å². The van der Waals surface area contributed by atoms with Crippen molar-refractivity contribution in [1.82, 2.24) is 35.2 Å². The second kappa shape index (κ2) is 9.84. The first kappa shape index (κ1) is 24.6. The Morgan fingerprint density at radius 2 is 2.00 bits per heavy atom. The normalized spacial score (nSPS) is 13.4. The Morgan fingerprint density at radius 3 is 2.79 bits per heavy atom. The third-order valence-electron chi connectivity index (χ3n) is 6.97. The molecule has 0 aliphatic carbocycles. The third-order valence-corrected chi connectivity index (χ3v) is 6.97. The van der Waals surface area contributed by atoms with Gasteiger partial charge >= 0.3 is 0 Å². The van der Waals surface area contributed by atoms with E-state index in [1.165, 1.54) is 19.2 Å². The van der Waals surface area contributed by atoms with E-state index in [1.807, 2.05) is 28.9 Å². The number of carbonyl (C=O) groups excluding carboxylic acids is 1. The molecule has 0 bridgehead atoms. The van der Waals surface area contributed by atoms with Gasteiger partial charge in [0, 0.05) is 37.0 Å². The molecule has 0 saturated heterocycles. The Hall–Kier alpha value is -4.77. The van der Waals surface area contributed by atoms with Crippen LogP contribution >= 0.6 is 0 Å². The van der Waals surface area contributed by atoms with Crippen molar-refractivity contribution >= 4 is 22.6 Å². The smallest absolute Gasteiger partial charge is 0.255 e. The first-order chi connectivity index (χ1) is 18.9. The Bertz CT molecular complexity index is 1690. The van der Waals surface area contributed by atoms with Gasteiger partial charge in [0.1, 0.15) is 11.6 Å². The second-order valence-electron chi connectivity index (χ2n) is 9.59. The van der Waals surface area contributed by atoms with Gasteiger partial charge in [0.05, 0.1) is 47.2 Å². The zero-order chi connectivity index (χ0) is 27.1. The molecule has 0 radical (unpaired) electrons. The number of amides is 1. The molecule has 0 saturated carbocycles. The monoisotopic (exact) mass is 526 g/mol. The molecule has 0 atom stereocenters. The number of methoxy groups -OCH3 is 1. The lowest BCUT2D eigenvalue weighted by atomic mass is 10.0. The molecule has 0 unspecified atom stereocenters. The first-order valence-corrected chi connectivity index (χ1v) is 12.5. The maximum Gasteiger partial charge on any atom is 0.255 e. The van der Waals surface area contributed by atoms with Crippen LogP contribution in [0.2, 0.25) is 0 Å². The maximum atomic E-state index is 13.7. The quantitative estimate of drug-likeness (QED) is 0.309. The summed E-state index contributed by atoms with van der Waals surface area (Å²) in [6.07, 6.45) is 1.80. The molecule has 11 heteroatoms. The van der Waals surface area contributed by atoms with Crippen LogP contribution in [0.1, 0.15) is 21.6 Å². The number of nitrogens with zero attached hydrogens (tertiary/aromatic N) is 5. The molecule has 1 aliphatic rings. The highest BCUT2D eigenvalue weighted by Crippen LogP contribution is 2.35. The summed E-state index contributed by atoms with van der Waals surface area (Å²) in [4.78, 5) is 19.6. The van der Waals surface area contributed by atoms with Crippen molar-refractivity contribution in [2.75, 3.05) is 26.4 Å². The number of likely N-dealkylation sites (N-methyl/N-ethyl adjacent to an activating group) is 1. The second-order valence-corrected chi connectivity index (χ2v) is 9.59. The number of nitrogens with one attached hydrogen (secondary N) is 2. The Morgan fingerprint density at radius 1 is 1.18 bits per heavy atom. The molecule has 3 aromatic heterocycles. The molecule has 1 amide bonds. The van der Waals surface area contributed by atoms with Crippen molar-refractivity contribution in [2.24, 2.45) is 0 Å². The minimum atomic E-state index is -0.506. The van der Waals surface area contributed by atoms with E-state index < -0.39 is 11.7 Å². The summed E-state index contributed by atoms with van der Waals surface area (Å²) in [6.45, 7) is 2.90. The van der Waals surface area contributed by atoms with E-state index in [-0.39, 0.29) is 12.1 Å². The lowest BCUT2D eigenvalue weighted by molar-refractivity contribution is 0.0947. The average molecular weight is 527 g/mol. The van der Waals surface area contributed by atoms with Gasteiger partial charge in [-0.1, -0.05) is 24.3 Å². The van der Waals surface area contributed by atoms with Gasteiger partial charge in [0.25, 0.3) is 5.91 Å². The number of nitrogens with two attached hydrogens (primary N) is 1. The number of fused-ring (bicyclic) bond motifs is 2. The van der Waals surface area contributed by atoms with E-state index in [1.54, 1.807) is 6.20 Å². The molecule has 2 aromatic carbocycles. The number of anilines is 1. The number of nitrogen functional groups attached to an aromatic ring is 1. The highest BCUT2D eigenvalue weighted by molar-refractivity contribution is 6.05. The van der Waals surface area contributed by atoms with Crippen molar-refractivity contribution in [2.45, 2.75) is 19.6 Å². The summed E-state index contributed by atoms with van der Waals surface area (Å²) in [5.41, 5.74) is 12.4. The highest BCUT2D eigenvalue weighted by Gasteiger charge is 2.21. The number of hydrogen-bond donors (Lipinski definition) is 3. The molecular weight excluding hydrogens is 499 g/mol. The van der Waals surface area contributed by atoms with Gasteiger partial charge in [-0.25, -0.2) is 4.39 Å². The number of aromatic nitrogens is 5. The molecule has 4 N–H and O–H groups in total. The van der Waals surface area contributed by atoms with Crippen molar-refractivity contribution in [3.8, 4) is 28.3 Å². The largest absolute Gasteiger partial charge is 0.496 e. The van der Waals surface area contributed by atoms with Crippen LogP contribution in [-0.2, 0) is 19.6 Å². The number of carbonyl (C=O) groups is 1. The van der Waals surface area contributed by atoms with Crippen LogP contribution in [0.15, 0.2) is 54.7 Å². The number of halogens is 1. The van der Waals surface area contributed by atoms with Crippen LogP contribution in [0.5, 0.6) is 5.75 Å². The Balaban J connectivity index is 1.25. The van der Waals surface area contributed by atoms with Crippen LogP contribution in [0, 0.1) is 5.82 Å². The molecule has 39 heavy (non-hydrogen) atoms. The lowest BCUT2D eigenvalue weighted by Crippen LogP contribution is -2.30. The summed E-state index contributed by atoms with van der Waals surface area (Å²) in [5, 5.41) is 15.7. The predicted molar refractivity (Wildman–Crippen MR) is 145 cm³/mol. The SMILES string of the molecule is COc1ccc(F)cc1C(=O)NCc1ccc(-c2ncc(-c3cc4n(n3)CCN(C)C4)c3[nH]nc(N)c23)cc1. The van der Waals surface area contributed by atoms with Gasteiger partial charge in [-0.2, -0.15) is 10.2 Å². The van der Waals surface area contributed by atoms with Gasteiger partial charge in [-0.3, -0.25) is 24.5 Å². The van der Waals surface area contributed by atoms with E-state index in [4.69, 9.17) is 20.6 Å². The zero-order valence-electron chi connectivity index (χ0n) is 21.5. The molecule has 10 nitrogen and oxygen atoms in total. The molecule has 6 rings (SSSR count). The summed E-state index contributed by atoms with van der Waals surface area (Å²) in [7, 11) is 3.54. The van der Waals surface area contributed by atoms with Crippen molar-refractivity contribution in [3.63, 3.8) is 0 Å². The minimum Gasteiger partial charge on any atom is -0.496 e. The molecule has 198 valence electrons. The zero-order valence-corrected chi connectivity index (χ0v) is 21.5. The standard InChI is InChI=1S/C28H27FN8O2/c1-36-9-10-37-19(15-36)12-22(35-37)21-14-31-25(24-26(21)33-34-27(24)30)17-5-3-16(4-6-17)13-32-28(38)20-11-18(29)7-8-23(20)39-2/h3-8,11-12,14H,9-10,13,15H2,1-2H3,(H,32,38)(H3,30,33,34). The summed E-state index contributed by atoms with van der Waals surface area (Å²) >= 11 is 0. The summed E-state index contributed by atoms with van der Waals surface area (Å²) in [5.74, 6) is -0.260. The number of aromatic amines is 1. The Kier molecular flexibility index (Phi) is 6.20. The fourth-order valence-electron chi connectivity index (χ4n) is 4.91. The van der Waals surface area contributed by atoms with Gasteiger partial charge in [-0.15, -0.1) is 0 Å². The fourth-order valence-corrected chi connectivity index (χ4v) is 4.91. The molecular formula is C28H27FN8O2. The number of pyridine rings is 1. The number of benzene rings is 2. The molecule has 4 heterocycles. The van der Waals surface area contributed by atoms with E-state index in [9.17, 15) is 9.18 Å². The highest BCUT2D eigenvalue weighted by atomic mass is 19.1. The molecule has 5 aromatic rings. The van der Waals surface area contributed by atoms with E-state index in [2.05, 4.69) is 33.5 Å². The van der Waals surface area contributed by atoms with E-state index >= 15 is 0 Å². The van der Waals surface area contributed by atoms with Crippen molar-refractivity contribution in [1.29, 1.82) is 0 Å². The molecule has 1 aliphatic heterocycles. The number of ether oxygens (including phenoxy) is 1. The van der Waals surface area contributed by atoms with Gasteiger partial charge in [0.2, 0.25) is 0 Å². The van der Waals surface area contributed by atoms with Crippen LogP contribution in [0.4, 0.5) is 10.2 Å². The van der Waals surface area contributed by atoms with Crippen LogP contribution in [0.25, 0.3) is 33.4 Å². The van der Waals surface area contributed by atoms with Crippen molar-refractivity contribution < 1.29 is 13.9 Å². The lowest BCUT2D eigenvalue weighted by Gasteiger charge is -2.22. The first-order valence-electron chi connectivity index (χ1n) is 12.5. The van der Waals surface area contributed by atoms with Crippen LogP contribution in [0.3, 0.4) is 0 Å². The topological polar surface area (TPSA) is 127 Å². The maximum absolute atomic E-state index is 13.7. The summed E-state index contributed by atoms with van der Waals surface area (Å²) < 4.78 is 20.9. The van der Waals surface area contributed by atoms with E-state index in [0.717, 1.165) is 64.7 Å². The number of hydrogen-bond acceptors (Lipinski definition) is 7. The third kappa shape index (κ3) is 4.57. The fraction of sp³-hybridized carbons (Fsp3) is 0.214. The van der Waals surface area contributed by atoms with E-state index in [0.29, 0.717) is 17.3 Å². The minimum absolute atomic E-state index is 0.141. The van der Waals surface area contributed by atoms with Gasteiger partial charge in [-0.05, 0) is 36.9 Å². The van der Waals surface area contributed by atoms with Gasteiger partial charge in [0.15, 0.2) is 5.82 Å². The number of rotatable bonds is 6. The Labute approximate surface area is 223 Å². The van der Waals surface area contributed by atoms with Crippen LogP contribution in [-0.4, -0.2) is 56.5 Å². The summed E-state index contributed by atoms with van der Waals surface area (Å²) in [6, 6.07) is 13.6. The van der Waals surface area contributed by atoms with Gasteiger partial charge < -0.3 is 15.8 Å². The van der Waals surface area contributed by atoms with Crippen molar-refractivity contribution in [3.05, 3.63) is 77.4 Å². The molecule has 0 spiro atoms. The predicted octanol–water partition coefficient (Wildman–Crippen LogP) is 3.59. The number of H-pyrrole nitrogens is 1. The molecule has 0 fully saturated rings.